The van der Waals surface area contributed by atoms with E-state index in [1.165, 1.54) is 0 Å². The van der Waals surface area contributed by atoms with Crippen molar-refractivity contribution in [2.75, 3.05) is 20.6 Å². The molecule has 4 heteroatoms. The van der Waals surface area contributed by atoms with Crippen molar-refractivity contribution in [3.63, 3.8) is 0 Å². The van der Waals surface area contributed by atoms with Gasteiger partial charge in [-0.2, -0.15) is 0 Å². The molecule has 0 heterocycles. The van der Waals surface area contributed by atoms with E-state index in [4.69, 9.17) is 0 Å². The number of carbonyl (C=O) groups excluding carboxylic acids is 1. The first-order valence-corrected chi connectivity index (χ1v) is 4.84. The zero-order valence-electron chi connectivity index (χ0n) is 10.4. The summed E-state index contributed by atoms with van der Waals surface area (Å²) >= 11 is 0. The topological polar surface area (TPSA) is 23.6 Å². The van der Waals surface area contributed by atoms with E-state index in [1.54, 1.807) is 11.4 Å². The number of nitrogens with zero attached hydrogens (tertiary/aromatic N) is 2. The fraction of sp³-hybridized carbons (Fsp3) is 0.800. The minimum Gasteiger partial charge on any atom is -0.435 e. The molecular formula is C10H21N2ORb. The molecule has 0 aromatic carbocycles. The van der Waals surface area contributed by atoms with Crippen molar-refractivity contribution in [3.05, 3.63) is 6.54 Å². The molecule has 1 unspecified atom stereocenters. The molecule has 0 radical (unpaired) electrons. The number of rotatable bonds is 5. The summed E-state index contributed by atoms with van der Waals surface area (Å²) in [6, 6.07) is 0.314. The van der Waals surface area contributed by atoms with E-state index in [0.29, 0.717) is 6.04 Å². The number of hydrogen-bond donors (Lipinski definition) is 0. The van der Waals surface area contributed by atoms with Crippen LogP contribution in [0.4, 0.5) is 0 Å². The largest absolute Gasteiger partial charge is 1.00 e. The van der Waals surface area contributed by atoms with E-state index in [1.807, 2.05) is 25.9 Å². The Labute approximate surface area is 137 Å². The summed E-state index contributed by atoms with van der Waals surface area (Å²) in [6.45, 7) is 8.66. The Hall–Kier alpha value is 1.11. The van der Waals surface area contributed by atoms with E-state index >= 15 is 0 Å². The van der Waals surface area contributed by atoms with Gasteiger partial charge in [0.05, 0.1) is 5.91 Å². The molecule has 1 amide bonds. The van der Waals surface area contributed by atoms with Crippen LogP contribution in [0.2, 0.25) is 0 Å². The van der Waals surface area contributed by atoms with E-state index in [-0.39, 0.29) is 64.1 Å². The zero-order chi connectivity index (χ0) is 10.4. The average Bonchev–Trinajstić information content (AvgIpc) is 2.14. The summed E-state index contributed by atoms with van der Waals surface area (Å²) in [5, 5.41) is 0. The van der Waals surface area contributed by atoms with Gasteiger partial charge < -0.3 is 14.6 Å². The number of hydrogen-bond acceptors (Lipinski definition) is 2. The van der Waals surface area contributed by atoms with Gasteiger partial charge in [0.2, 0.25) is 0 Å². The molecule has 78 valence electrons. The summed E-state index contributed by atoms with van der Waals surface area (Å²) in [5.41, 5.74) is 0. The Kier molecular flexibility index (Phi) is 11.7. The molecule has 0 spiro atoms. The van der Waals surface area contributed by atoms with Gasteiger partial charge in [-0.25, -0.2) is 6.54 Å². The van der Waals surface area contributed by atoms with Gasteiger partial charge in [0.25, 0.3) is 0 Å². The molecule has 14 heavy (non-hydrogen) atoms. The second-order valence-electron chi connectivity index (χ2n) is 3.41. The van der Waals surface area contributed by atoms with Crippen LogP contribution in [0.1, 0.15) is 27.2 Å². The Balaban J connectivity index is 0. The fourth-order valence-electron chi connectivity index (χ4n) is 0.862. The molecule has 0 saturated heterocycles. The van der Waals surface area contributed by atoms with E-state index in [0.717, 1.165) is 13.0 Å². The van der Waals surface area contributed by atoms with Crippen LogP contribution < -0.4 is 58.2 Å². The molecule has 0 aliphatic heterocycles. The van der Waals surface area contributed by atoms with E-state index in [9.17, 15) is 4.79 Å². The third kappa shape index (κ3) is 6.56. The van der Waals surface area contributed by atoms with Gasteiger partial charge in [-0.1, -0.05) is 13.8 Å². The van der Waals surface area contributed by atoms with Crippen LogP contribution in [-0.2, 0) is 4.79 Å². The molecule has 0 aromatic rings. The Bertz CT molecular complexity index is 164. The van der Waals surface area contributed by atoms with Gasteiger partial charge in [-0.15, -0.1) is 0 Å². The maximum atomic E-state index is 11.5. The quantitative estimate of drug-likeness (QED) is 0.560. The Morgan fingerprint density at radius 2 is 1.86 bits per heavy atom. The molecular weight excluding hydrogens is 250 g/mol. The summed E-state index contributed by atoms with van der Waals surface area (Å²) in [5.74, 6) is 0.0821. The first-order valence-electron chi connectivity index (χ1n) is 4.84. The van der Waals surface area contributed by atoms with Crippen LogP contribution in [0.25, 0.3) is 0 Å². The minimum absolute atomic E-state index is 0. The summed E-state index contributed by atoms with van der Waals surface area (Å²) in [4.78, 5) is 15.2. The Morgan fingerprint density at radius 1 is 1.36 bits per heavy atom. The third-order valence-corrected chi connectivity index (χ3v) is 2.43. The van der Waals surface area contributed by atoms with Gasteiger partial charge in [0, 0.05) is 13.1 Å². The average molecular weight is 271 g/mol. The van der Waals surface area contributed by atoms with Crippen LogP contribution in [0.3, 0.4) is 0 Å². The number of likely N-dealkylation sites (N-methyl/N-ethyl adjacent to an activating group) is 2. The van der Waals surface area contributed by atoms with Crippen molar-refractivity contribution >= 4 is 5.91 Å². The maximum Gasteiger partial charge on any atom is 1.00 e. The molecule has 0 bridgehead atoms. The molecule has 0 saturated carbocycles. The number of carbonyl (C=O) groups is 1. The standard InChI is InChI=1S/C10H21N2O.Rb/c1-6-9(3)12(5)10(13)8-11(4)7-2;/h8-9H,6-7H2,1-5H3;/q-1;+1. The van der Waals surface area contributed by atoms with Gasteiger partial charge in [0.15, 0.2) is 0 Å². The minimum atomic E-state index is 0. The third-order valence-electron chi connectivity index (χ3n) is 2.43. The Morgan fingerprint density at radius 3 is 2.21 bits per heavy atom. The second-order valence-corrected chi connectivity index (χ2v) is 3.41. The smallest absolute Gasteiger partial charge is 0.435 e. The summed E-state index contributed by atoms with van der Waals surface area (Å²) in [6.07, 6.45) is 0.992. The monoisotopic (exact) mass is 270 g/mol. The molecule has 0 aliphatic carbocycles. The van der Waals surface area contributed by atoms with Gasteiger partial charge in [-0.3, -0.25) is 0 Å². The van der Waals surface area contributed by atoms with Crippen LogP contribution in [0.5, 0.6) is 0 Å². The molecule has 0 N–H and O–H groups in total. The van der Waals surface area contributed by atoms with Gasteiger partial charge in [0.1, 0.15) is 0 Å². The second kappa shape index (κ2) is 9.34. The van der Waals surface area contributed by atoms with Crippen LogP contribution in [0, 0.1) is 6.54 Å². The molecule has 0 aliphatic rings. The van der Waals surface area contributed by atoms with Gasteiger partial charge in [-0.05, 0) is 26.9 Å². The molecule has 1 atom stereocenters. The van der Waals surface area contributed by atoms with Crippen LogP contribution in [-0.4, -0.2) is 42.4 Å². The SMILES string of the molecule is CCC(C)N(C)C(=O)[CH-]N(C)CC.[Rb+]. The van der Waals surface area contributed by atoms with Crippen molar-refractivity contribution in [2.45, 2.75) is 33.2 Å². The molecule has 3 nitrogen and oxygen atoms in total. The van der Waals surface area contributed by atoms with Crippen molar-refractivity contribution in [3.8, 4) is 0 Å². The predicted molar refractivity (Wildman–Crippen MR) is 55.1 cm³/mol. The van der Waals surface area contributed by atoms with Crippen molar-refractivity contribution < 1.29 is 63.0 Å². The molecule has 0 rings (SSSR count). The zero-order valence-corrected chi connectivity index (χ0v) is 15.3. The molecule has 0 fully saturated rings. The van der Waals surface area contributed by atoms with Crippen molar-refractivity contribution in [2.24, 2.45) is 0 Å². The molecule has 0 aromatic heterocycles. The van der Waals surface area contributed by atoms with Gasteiger partial charge >= 0.3 is 58.2 Å². The normalized spacial score (nSPS) is 11.9. The summed E-state index contributed by atoms with van der Waals surface area (Å²) < 4.78 is 0. The van der Waals surface area contributed by atoms with Crippen molar-refractivity contribution in [1.29, 1.82) is 0 Å². The van der Waals surface area contributed by atoms with Crippen molar-refractivity contribution in [1.82, 2.24) is 9.80 Å². The first-order chi connectivity index (χ1) is 6.02. The van der Waals surface area contributed by atoms with Crippen LogP contribution >= 0.6 is 0 Å². The van der Waals surface area contributed by atoms with Crippen LogP contribution in [0.15, 0.2) is 0 Å². The van der Waals surface area contributed by atoms with E-state index < -0.39 is 0 Å². The maximum absolute atomic E-state index is 11.5. The summed E-state index contributed by atoms with van der Waals surface area (Å²) in [7, 11) is 3.75. The predicted octanol–water partition coefficient (Wildman–Crippen LogP) is -1.64. The first kappa shape index (κ1) is 17.5. The number of amides is 1. The fourth-order valence-corrected chi connectivity index (χ4v) is 0.862. The van der Waals surface area contributed by atoms with E-state index in [2.05, 4.69) is 13.8 Å².